The second-order valence-corrected chi connectivity index (χ2v) is 4.14. The van der Waals surface area contributed by atoms with Gasteiger partial charge in [0.1, 0.15) is 23.2 Å². The number of nitriles is 1. The third-order valence-electron chi connectivity index (χ3n) is 2.81. The number of nitro benzene ring substituents is 1. The molecular formula is C15H10N2O5. The molecule has 0 saturated heterocycles. The van der Waals surface area contributed by atoms with Crippen LogP contribution in [0.2, 0.25) is 0 Å². The van der Waals surface area contributed by atoms with Crippen molar-refractivity contribution in [1.29, 1.82) is 5.26 Å². The summed E-state index contributed by atoms with van der Waals surface area (Å²) in [6.07, 6.45) is 1.21. The normalized spacial score (nSPS) is 10.8. The van der Waals surface area contributed by atoms with Gasteiger partial charge in [0.05, 0.1) is 17.6 Å². The maximum absolute atomic E-state index is 11.3. The van der Waals surface area contributed by atoms with Crippen molar-refractivity contribution in [1.82, 2.24) is 0 Å². The summed E-state index contributed by atoms with van der Waals surface area (Å²) in [5.41, 5.74) is -0.0180. The van der Waals surface area contributed by atoms with Crippen LogP contribution in [0, 0.1) is 21.4 Å². The second kappa shape index (κ2) is 6.37. The van der Waals surface area contributed by atoms with E-state index in [0.717, 1.165) is 7.11 Å². The lowest BCUT2D eigenvalue weighted by Crippen LogP contribution is -2.02. The van der Waals surface area contributed by atoms with Crippen LogP contribution in [0.25, 0.3) is 17.4 Å². The average Bonchev–Trinajstić information content (AvgIpc) is 3.00. The van der Waals surface area contributed by atoms with Gasteiger partial charge in [-0.1, -0.05) is 12.1 Å². The Bertz CT molecular complexity index is 798. The zero-order valence-corrected chi connectivity index (χ0v) is 11.5. The summed E-state index contributed by atoms with van der Waals surface area (Å²) < 4.78 is 9.90. The molecule has 0 unspecified atom stereocenters. The third kappa shape index (κ3) is 3.02. The van der Waals surface area contributed by atoms with Gasteiger partial charge >= 0.3 is 5.97 Å². The van der Waals surface area contributed by atoms with E-state index in [1.165, 1.54) is 24.3 Å². The predicted molar refractivity (Wildman–Crippen MR) is 76.4 cm³/mol. The summed E-state index contributed by atoms with van der Waals surface area (Å²) in [5, 5.41) is 19.9. The van der Waals surface area contributed by atoms with Crippen molar-refractivity contribution in [2.45, 2.75) is 0 Å². The van der Waals surface area contributed by atoms with Gasteiger partial charge in [-0.25, -0.2) is 4.79 Å². The van der Waals surface area contributed by atoms with Crippen molar-refractivity contribution in [2.75, 3.05) is 7.11 Å². The second-order valence-electron chi connectivity index (χ2n) is 4.14. The van der Waals surface area contributed by atoms with Crippen LogP contribution in [-0.2, 0) is 9.53 Å². The lowest BCUT2D eigenvalue weighted by molar-refractivity contribution is -0.384. The molecule has 0 N–H and O–H groups in total. The number of hydrogen-bond acceptors (Lipinski definition) is 6. The van der Waals surface area contributed by atoms with Gasteiger partial charge in [-0.05, 0) is 18.2 Å². The number of hydrogen-bond donors (Lipinski definition) is 0. The van der Waals surface area contributed by atoms with Crippen LogP contribution in [-0.4, -0.2) is 18.0 Å². The number of rotatable bonds is 4. The summed E-state index contributed by atoms with van der Waals surface area (Å²) in [7, 11) is 1.16. The summed E-state index contributed by atoms with van der Waals surface area (Å²) in [6, 6.07) is 10.8. The quantitative estimate of drug-likeness (QED) is 0.282. The molecule has 0 aliphatic rings. The minimum Gasteiger partial charge on any atom is -0.465 e. The van der Waals surface area contributed by atoms with Crippen LogP contribution in [0.15, 0.2) is 46.4 Å². The van der Waals surface area contributed by atoms with Gasteiger partial charge in [-0.3, -0.25) is 10.1 Å². The number of esters is 1. The van der Waals surface area contributed by atoms with Gasteiger partial charge < -0.3 is 9.15 Å². The van der Waals surface area contributed by atoms with Gasteiger partial charge in [0.15, 0.2) is 0 Å². The molecule has 2 aromatic rings. The van der Waals surface area contributed by atoms with Crippen LogP contribution in [0.4, 0.5) is 5.69 Å². The molecule has 0 spiro atoms. The SMILES string of the molecule is COC(=O)C(C#N)=Cc1ccc(-c2ccccc2[N+](=O)[O-])o1. The van der Waals surface area contributed by atoms with E-state index in [4.69, 9.17) is 9.68 Å². The number of ether oxygens (including phenoxy) is 1. The predicted octanol–water partition coefficient (Wildman–Crippen LogP) is 2.93. The maximum Gasteiger partial charge on any atom is 0.348 e. The fourth-order valence-corrected chi connectivity index (χ4v) is 1.81. The number of nitro groups is 1. The molecule has 0 fully saturated rings. The molecule has 0 aliphatic heterocycles. The molecule has 1 aromatic carbocycles. The van der Waals surface area contributed by atoms with Gasteiger partial charge in [0.25, 0.3) is 5.69 Å². The number of methoxy groups -OCH3 is 1. The number of benzene rings is 1. The average molecular weight is 298 g/mol. The van der Waals surface area contributed by atoms with E-state index in [1.54, 1.807) is 24.3 Å². The molecule has 22 heavy (non-hydrogen) atoms. The highest BCUT2D eigenvalue weighted by Gasteiger charge is 2.17. The fourth-order valence-electron chi connectivity index (χ4n) is 1.81. The largest absolute Gasteiger partial charge is 0.465 e. The van der Waals surface area contributed by atoms with Crippen LogP contribution >= 0.6 is 0 Å². The van der Waals surface area contributed by atoms with Crippen molar-refractivity contribution in [3.05, 3.63) is 57.8 Å². The first-order valence-electron chi connectivity index (χ1n) is 6.10. The molecule has 1 heterocycles. The molecule has 0 aliphatic carbocycles. The number of carbonyl (C=O) groups is 1. The first-order valence-corrected chi connectivity index (χ1v) is 6.10. The van der Waals surface area contributed by atoms with E-state index < -0.39 is 10.9 Å². The molecule has 0 amide bonds. The zero-order chi connectivity index (χ0) is 16.1. The molecule has 0 atom stereocenters. The Balaban J connectivity index is 2.42. The Labute approximate surface area is 125 Å². The fraction of sp³-hybridized carbons (Fsp3) is 0.0667. The zero-order valence-electron chi connectivity index (χ0n) is 11.5. The molecule has 0 saturated carbocycles. The molecule has 1 aromatic heterocycles. The summed E-state index contributed by atoms with van der Waals surface area (Å²) in [6.45, 7) is 0. The number of nitrogens with zero attached hydrogens (tertiary/aromatic N) is 2. The number of furan rings is 1. The van der Waals surface area contributed by atoms with Gasteiger partial charge in [-0.2, -0.15) is 5.26 Å². The van der Waals surface area contributed by atoms with Crippen molar-refractivity contribution in [3.8, 4) is 17.4 Å². The van der Waals surface area contributed by atoms with E-state index in [9.17, 15) is 14.9 Å². The van der Waals surface area contributed by atoms with Gasteiger partial charge in [0, 0.05) is 12.1 Å². The van der Waals surface area contributed by atoms with E-state index in [-0.39, 0.29) is 22.8 Å². The topological polar surface area (TPSA) is 106 Å². The number of para-hydroxylation sites is 1. The van der Waals surface area contributed by atoms with Crippen LogP contribution < -0.4 is 0 Å². The molecule has 0 bridgehead atoms. The Kier molecular flexibility index (Phi) is 4.34. The van der Waals surface area contributed by atoms with Crippen molar-refractivity contribution < 1.29 is 18.9 Å². The van der Waals surface area contributed by atoms with Crippen molar-refractivity contribution >= 4 is 17.7 Å². The van der Waals surface area contributed by atoms with E-state index in [2.05, 4.69) is 4.74 Å². The van der Waals surface area contributed by atoms with Crippen LogP contribution in [0.5, 0.6) is 0 Å². The monoisotopic (exact) mass is 298 g/mol. The first kappa shape index (κ1) is 15.0. The highest BCUT2D eigenvalue weighted by Crippen LogP contribution is 2.31. The lowest BCUT2D eigenvalue weighted by Gasteiger charge is -1.99. The van der Waals surface area contributed by atoms with Crippen LogP contribution in [0.3, 0.4) is 0 Å². The summed E-state index contributed by atoms with van der Waals surface area (Å²) in [5.74, 6) is -0.304. The molecular weight excluding hydrogens is 288 g/mol. The molecule has 110 valence electrons. The van der Waals surface area contributed by atoms with E-state index >= 15 is 0 Å². The lowest BCUT2D eigenvalue weighted by atomic mass is 10.1. The Hall–Kier alpha value is -3.40. The van der Waals surface area contributed by atoms with Crippen molar-refractivity contribution in [2.24, 2.45) is 0 Å². The Morgan fingerprint density at radius 2 is 2.09 bits per heavy atom. The molecule has 7 nitrogen and oxygen atoms in total. The first-order chi connectivity index (χ1) is 10.6. The highest BCUT2D eigenvalue weighted by atomic mass is 16.6. The third-order valence-corrected chi connectivity index (χ3v) is 2.81. The molecule has 2 rings (SSSR count). The Morgan fingerprint density at radius 3 is 2.73 bits per heavy atom. The maximum atomic E-state index is 11.3. The highest BCUT2D eigenvalue weighted by molar-refractivity contribution is 5.97. The summed E-state index contributed by atoms with van der Waals surface area (Å²) in [4.78, 5) is 21.8. The standard InChI is InChI=1S/C15H10N2O5/c1-21-15(18)10(9-16)8-11-6-7-14(22-11)12-4-2-3-5-13(12)17(19)20/h2-8H,1H3. The minimum atomic E-state index is -0.786. The smallest absolute Gasteiger partial charge is 0.348 e. The van der Waals surface area contributed by atoms with E-state index in [1.807, 2.05) is 0 Å². The molecule has 7 heteroatoms. The van der Waals surface area contributed by atoms with Crippen molar-refractivity contribution in [3.63, 3.8) is 0 Å². The summed E-state index contributed by atoms with van der Waals surface area (Å²) >= 11 is 0. The van der Waals surface area contributed by atoms with Crippen LogP contribution in [0.1, 0.15) is 5.76 Å². The van der Waals surface area contributed by atoms with E-state index in [0.29, 0.717) is 5.56 Å². The Morgan fingerprint density at radius 1 is 1.36 bits per heavy atom. The molecule has 0 radical (unpaired) electrons. The minimum absolute atomic E-state index is 0.0964. The van der Waals surface area contributed by atoms with Gasteiger partial charge in [0.2, 0.25) is 0 Å². The van der Waals surface area contributed by atoms with Gasteiger partial charge in [-0.15, -0.1) is 0 Å². The number of carbonyl (C=O) groups excluding carboxylic acids is 1.